The maximum Gasteiger partial charge on any atom is 0.373 e. The Labute approximate surface area is 175 Å². The average molecular weight is 413 g/mol. The van der Waals surface area contributed by atoms with E-state index in [2.05, 4.69) is 16.2 Å². The van der Waals surface area contributed by atoms with Crippen molar-refractivity contribution < 1.29 is 28.2 Å². The van der Waals surface area contributed by atoms with Crippen molar-refractivity contribution in [3.05, 3.63) is 53.1 Å². The van der Waals surface area contributed by atoms with E-state index in [9.17, 15) is 9.59 Å². The number of fused-ring (bicyclic) bond motifs is 1. The maximum absolute atomic E-state index is 12.6. The summed E-state index contributed by atoms with van der Waals surface area (Å²) >= 11 is 0. The summed E-state index contributed by atoms with van der Waals surface area (Å²) in [4.78, 5) is 24.1. The first-order valence-electron chi connectivity index (χ1n) is 10.1. The molecule has 0 aliphatic heterocycles. The summed E-state index contributed by atoms with van der Waals surface area (Å²) < 4.78 is 23.4. The SMILES string of the molecule is CCCCn1c(C)c(C(=O)OCC)c2cc(OCc3ccc(C(=O)OC)o3)ccc21. The van der Waals surface area contributed by atoms with Crippen molar-refractivity contribution in [2.75, 3.05) is 13.7 Å². The van der Waals surface area contributed by atoms with Gasteiger partial charge in [0.1, 0.15) is 18.1 Å². The topological polar surface area (TPSA) is 79.9 Å². The molecule has 160 valence electrons. The van der Waals surface area contributed by atoms with Crippen LogP contribution >= 0.6 is 0 Å². The minimum Gasteiger partial charge on any atom is -0.486 e. The monoisotopic (exact) mass is 413 g/mol. The van der Waals surface area contributed by atoms with Crippen LogP contribution in [0.4, 0.5) is 0 Å². The van der Waals surface area contributed by atoms with E-state index in [-0.39, 0.29) is 18.3 Å². The lowest BCUT2D eigenvalue weighted by molar-refractivity contribution is 0.0525. The molecule has 3 rings (SSSR count). The van der Waals surface area contributed by atoms with Gasteiger partial charge < -0.3 is 23.2 Å². The van der Waals surface area contributed by atoms with Crippen LogP contribution < -0.4 is 4.74 Å². The van der Waals surface area contributed by atoms with Crippen LogP contribution in [0.1, 0.15) is 59.1 Å². The summed E-state index contributed by atoms with van der Waals surface area (Å²) in [5.74, 6) is 0.348. The van der Waals surface area contributed by atoms with Crippen molar-refractivity contribution in [1.82, 2.24) is 4.57 Å². The van der Waals surface area contributed by atoms with Gasteiger partial charge in [0.15, 0.2) is 0 Å². The summed E-state index contributed by atoms with van der Waals surface area (Å²) in [5, 5.41) is 0.800. The maximum atomic E-state index is 12.6. The Morgan fingerprint density at radius 3 is 2.60 bits per heavy atom. The number of carbonyl (C=O) groups excluding carboxylic acids is 2. The van der Waals surface area contributed by atoms with Gasteiger partial charge in [-0.1, -0.05) is 13.3 Å². The van der Waals surface area contributed by atoms with Crippen LogP contribution in [-0.2, 0) is 22.6 Å². The minimum atomic E-state index is -0.536. The summed E-state index contributed by atoms with van der Waals surface area (Å²) in [5.41, 5.74) is 2.43. The van der Waals surface area contributed by atoms with Gasteiger partial charge >= 0.3 is 11.9 Å². The first-order valence-corrected chi connectivity index (χ1v) is 10.1. The fraction of sp³-hybridized carbons (Fsp3) is 0.391. The van der Waals surface area contributed by atoms with Crippen LogP contribution in [0.5, 0.6) is 5.75 Å². The third-order valence-electron chi connectivity index (χ3n) is 4.94. The number of benzene rings is 1. The van der Waals surface area contributed by atoms with Crippen molar-refractivity contribution in [3.8, 4) is 5.75 Å². The number of ether oxygens (including phenoxy) is 3. The molecule has 0 aliphatic carbocycles. The van der Waals surface area contributed by atoms with Crippen LogP contribution in [0.15, 0.2) is 34.7 Å². The van der Waals surface area contributed by atoms with E-state index >= 15 is 0 Å². The highest BCUT2D eigenvalue weighted by molar-refractivity contribution is 6.06. The van der Waals surface area contributed by atoms with Crippen LogP contribution in [0.2, 0.25) is 0 Å². The number of methoxy groups -OCH3 is 1. The standard InChI is InChI=1S/C23H27NO6/c1-5-7-12-24-15(3)21(23(26)28-6-2)18-13-16(8-10-19(18)24)29-14-17-9-11-20(30-17)22(25)27-4/h8-11,13H,5-7,12,14H2,1-4H3. The molecule has 1 aromatic carbocycles. The second kappa shape index (κ2) is 9.52. The molecular weight excluding hydrogens is 386 g/mol. The zero-order valence-electron chi connectivity index (χ0n) is 17.8. The molecule has 2 heterocycles. The van der Waals surface area contributed by atoms with Gasteiger partial charge in [0.25, 0.3) is 0 Å². The highest BCUT2D eigenvalue weighted by Gasteiger charge is 2.21. The van der Waals surface area contributed by atoms with Gasteiger partial charge in [0.05, 0.1) is 19.3 Å². The molecule has 2 aromatic heterocycles. The third-order valence-corrected chi connectivity index (χ3v) is 4.94. The predicted octanol–water partition coefficient (Wildman–Crippen LogP) is 4.89. The summed E-state index contributed by atoms with van der Waals surface area (Å²) in [7, 11) is 1.30. The molecule has 0 amide bonds. The second-order valence-corrected chi connectivity index (χ2v) is 6.91. The number of hydrogen-bond acceptors (Lipinski definition) is 6. The summed E-state index contributed by atoms with van der Waals surface area (Å²) in [6.45, 7) is 7.17. The van der Waals surface area contributed by atoms with Crippen molar-refractivity contribution in [1.29, 1.82) is 0 Å². The molecule has 30 heavy (non-hydrogen) atoms. The molecule has 0 saturated heterocycles. The number of esters is 2. The van der Waals surface area contributed by atoms with Crippen molar-refractivity contribution in [2.24, 2.45) is 0 Å². The quantitative estimate of drug-likeness (QED) is 0.465. The highest BCUT2D eigenvalue weighted by atomic mass is 16.5. The van der Waals surface area contributed by atoms with Gasteiger partial charge in [-0.25, -0.2) is 9.59 Å². The Kier molecular flexibility index (Phi) is 6.82. The minimum absolute atomic E-state index is 0.125. The molecule has 0 bridgehead atoms. The van der Waals surface area contributed by atoms with Crippen LogP contribution in [0.3, 0.4) is 0 Å². The van der Waals surface area contributed by atoms with Gasteiger partial charge in [-0.3, -0.25) is 0 Å². The smallest absolute Gasteiger partial charge is 0.373 e. The molecule has 7 nitrogen and oxygen atoms in total. The predicted molar refractivity (Wildman–Crippen MR) is 112 cm³/mol. The zero-order chi connectivity index (χ0) is 21.7. The number of rotatable bonds is 9. The van der Waals surface area contributed by atoms with Gasteiger partial charge in [0, 0.05) is 23.1 Å². The lowest BCUT2D eigenvalue weighted by atomic mass is 10.1. The second-order valence-electron chi connectivity index (χ2n) is 6.91. The summed E-state index contributed by atoms with van der Waals surface area (Å²) in [6, 6.07) is 8.88. The van der Waals surface area contributed by atoms with Crippen molar-refractivity contribution >= 4 is 22.8 Å². The molecular formula is C23H27NO6. The molecule has 0 fully saturated rings. The Bertz CT molecular complexity index is 1050. The molecule has 0 aliphatic rings. The number of hydrogen-bond donors (Lipinski definition) is 0. The highest BCUT2D eigenvalue weighted by Crippen LogP contribution is 2.31. The lowest BCUT2D eigenvalue weighted by Crippen LogP contribution is -2.07. The average Bonchev–Trinajstić information content (AvgIpc) is 3.32. The van der Waals surface area contributed by atoms with Gasteiger partial charge in [-0.15, -0.1) is 0 Å². The largest absolute Gasteiger partial charge is 0.486 e. The molecule has 0 unspecified atom stereocenters. The Balaban J connectivity index is 1.89. The van der Waals surface area contributed by atoms with E-state index in [4.69, 9.17) is 13.9 Å². The van der Waals surface area contributed by atoms with E-state index in [0.29, 0.717) is 23.7 Å². The molecule has 0 N–H and O–H groups in total. The van der Waals surface area contributed by atoms with E-state index < -0.39 is 5.97 Å². The first-order chi connectivity index (χ1) is 14.5. The Morgan fingerprint density at radius 2 is 1.90 bits per heavy atom. The Hall–Kier alpha value is -3.22. The Morgan fingerprint density at radius 1 is 1.10 bits per heavy atom. The van der Waals surface area contributed by atoms with Crippen LogP contribution in [0.25, 0.3) is 10.9 Å². The molecule has 3 aromatic rings. The van der Waals surface area contributed by atoms with E-state index in [1.165, 1.54) is 7.11 Å². The fourth-order valence-electron chi connectivity index (χ4n) is 3.44. The number of carbonyl (C=O) groups is 2. The third kappa shape index (κ3) is 4.35. The van der Waals surface area contributed by atoms with E-state index in [0.717, 1.165) is 36.0 Å². The molecule has 0 spiro atoms. The molecule has 7 heteroatoms. The van der Waals surface area contributed by atoms with Gasteiger partial charge in [-0.2, -0.15) is 0 Å². The van der Waals surface area contributed by atoms with Crippen molar-refractivity contribution in [2.45, 2.75) is 46.8 Å². The molecule has 0 saturated carbocycles. The number of aryl methyl sites for hydroxylation is 1. The normalized spacial score (nSPS) is 10.9. The van der Waals surface area contributed by atoms with E-state index in [1.807, 2.05) is 25.1 Å². The number of aromatic nitrogens is 1. The molecule has 0 atom stereocenters. The van der Waals surface area contributed by atoms with Gasteiger partial charge in [0.2, 0.25) is 5.76 Å². The van der Waals surface area contributed by atoms with Crippen LogP contribution in [0, 0.1) is 6.92 Å². The first kappa shape index (κ1) is 21.5. The molecule has 0 radical (unpaired) electrons. The number of unbranched alkanes of at least 4 members (excludes halogenated alkanes) is 1. The van der Waals surface area contributed by atoms with Crippen LogP contribution in [-0.4, -0.2) is 30.2 Å². The number of nitrogens with zero attached hydrogens (tertiary/aromatic N) is 1. The van der Waals surface area contributed by atoms with Crippen molar-refractivity contribution in [3.63, 3.8) is 0 Å². The van der Waals surface area contributed by atoms with E-state index in [1.54, 1.807) is 19.1 Å². The lowest BCUT2D eigenvalue weighted by Gasteiger charge is -2.08. The zero-order valence-corrected chi connectivity index (χ0v) is 17.8. The van der Waals surface area contributed by atoms with Gasteiger partial charge in [-0.05, 0) is 50.6 Å². The number of furan rings is 1. The summed E-state index contributed by atoms with van der Waals surface area (Å²) in [6.07, 6.45) is 2.08. The fourth-order valence-corrected chi connectivity index (χ4v) is 3.44.